The number of carbonyl (C=O) groups excluding carboxylic acids is 2. The number of carbonyl (C=O) groups is 2. The van der Waals surface area contributed by atoms with Crippen molar-refractivity contribution in [3.63, 3.8) is 0 Å². The number of hydrogen-bond donors (Lipinski definition) is 0. The molecule has 1 aliphatic rings. The fraction of sp³-hybridized carbons (Fsp3) is 0.308. The summed E-state index contributed by atoms with van der Waals surface area (Å²) in [5, 5.41) is 9.26. The number of nitriles is 1. The molecule has 1 aliphatic heterocycles. The Bertz CT molecular complexity index is 611. The van der Waals surface area contributed by atoms with E-state index in [1.165, 1.54) is 7.05 Å². The number of amides is 2. The number of rotatable bonds is 2. The van der Waals surface area contributed by atoms with Gasteiger partial charge >= 0.3 is 126 Å². The molecular formula is C13H11BrN2O2Se. The molecule has 1 atom stereocenters. The van der Waals surface area contributed by atoms with Crippen LogP contribution in [0.4, 0.5) is 0 Å². The van der Waals surface area contributed by atoms with Crippen LogP contribution in [-0.2, 0) is 10.2 Å². The minimum absolute atomic E-state index is 0.236. The fourth-order valence-corrected chi connectivity index (χ4v) is 3.92. The molecular weight excluding hydrogens is 375 g/mol. The molecule has 1 aromatic carbocycles. The van der Waals surface area contributed by atoms with Gasteiger partial charge in [0.1, 0.15) is 0 Å². The summed E-state index contributed by atoms with van der Waals surface area (Å²) in [6, 6.07) is 5.32. The molecule has 0 bridgehead atoms. The maximum atomic E-state index is 12.4. The molecule has 0 N–H and O–H groups in total. The van der Waals surface area contributed by atoms with Crippen molar-refractivity contribution in [2.24, 2.45) is 0 Å². The Morgan fingerprint density at radius 3 is 2.79 bits per heavy atom. The van der Waals surface area contributed by atoms with Crippen LogP contribution in [0.1, 0.15) is 22.8 Å². The van der Waals surface area contributed by atoms with Crippen LogP contribution in [-0.4, -0.2) is 38.7 Å². The molecule has 6 heteroatoms. The molecule has 1 aromatic rings. The predicted octanol–water partition coefficient (Wildman–Crippen LogP) is 1.92. The molecule has 0 saturated heterocycles. The topological polar surface area (TPSA) is 61.2 Å². The normalized spacial score (nSPS) is 22.1. The van der Waals surface area contributed by atoms with E-state index in [4.69, 9.17) is 5.26 Å². The zero-order chi connectivity index (χ0) is 14.2. The molecule has 1 heterocycles. The number of fused-ring (bicyclic) bond motifs is 1. The zero-order valence-electron chi connectivity index (χ0n) is 10.4. The van der Waals surface area contributed by atoms with Crippen molar-refractivity contribution in [2.45, 2.75) is 17.7 Å². The van der Waals surface area contributed by atoms with Gasteiger partial charge in [-0.2, -0.15) is 0 Å². The quantitative estimate of drug-likeness (QED) is 0.577. The van der Waals surface area contributed by atoms with Gasteiger partial charge in [-0.15, -0.1) is 0 Å². The second kappa shape index (κ2) is 5.09. The van der Waals surface area contributed by atoms with Gasteiger partial charge in [0, 0.05) is 0 Å². The molecule has 2 rings (SSSR count). The third kappa shape index (κ3) is 2.23. The van der Waals surface area contributed by atoms with Crippen LogP contribution in [0.3, 0.4) is 0 Å². The number of nitrogens with zero attached hydrogens (tertiary/aromatic N) is 2. The second-order valence-electron chi connectivity index (χ2n) is 4.57. The number of benzene rings is 1. The molecule has 19 heavy (non-hydrogen) atoms. The molecule has 0 spiro atoms. The van der Waals surface area contributed by atoms with Gasteiger partial charge in [0.05, 0.1) is 0 Å². The van der Waals surface area contributed by atoms with Gasteiger partial charge in [-0.05, 0) is 0 Å². The second-order valence-corrected chi connectivity index (χ2v) is 7.08. The first-order chi connectivity index (χ1) is 8.91. The summed E-state index contributed by atoms with van der Waals surface area (Å²) in [6.45, 7) is 1.81. The van der Waals surface area contributed by atoms with E-state index in [0.717, 1.165) is 9.37 Å². The van der Waals surface area contributed by atoms with Crippen LogP contribution in [0.2, 0.25) is 5.32 Å². The first-order valence-electron chi connectivity index (χ1n) is 5.55. The van der Waals surface area contributed by atoms with E-state index in [1.54, 1.807) is 12.1 Å². The van der Waals surface area contributed by atoms with Crippen molar-refractivity contribution in [1.29, 1.82) is 5.26 Å². The van der Waals surface area contributed by atoms with Gasteiger partial charge in [0.2, 0.25) is 0 Å². The summed E-state index contributed by atoms with van der Waals surface area (Å²) in [5.41, 5.74) is 0.464. The molecule has 0 saturated carbocycles. The van der Waals surface area contributed by atoms with Gasteiger partial charge in [-0.25, -0.2) is 0 Å². The van der Waals surface area contributed by atoms with Crippen LogP contribution >= 0.6 is 15.9 Å². The Labute approximate surface area is 126 Å². The van der Waals surface area contributed by atoms with E-state index >= 15 is 0 Å². The first kappa shape index (κ1) is 14.3. The van der Waals surface area contributed by atoms with Crippen molar-refractivity contribution >= 4 is 42.7 Å². The van der Waals surface area contributed by atoms with E-state index in [0.29, 0.717) is 16.4 Å². The van der Waals surface area contributed by atoms with Crippen LogP contribution in [0.15, 0.2) is 22.7 Å². The Morgan fingerprint density at radius 1 is 1.47 bits per heavy atom. The van der Waals surface area contributed by atoms with Gasteiger partial charge in [-0.3, -0.25) is 0 Å². The van der Waals surface area contributed by atoms with Crippen molar-refractivity contribution in [3.8, 4) is 4.97 Å². The third-order valence-electron chi connectivity index (χ3n) is 3.31. The van der Waals surface area contributed by atoms with Crippen molar-refractivity contribution in [3.05, 3.63) is 33.8 Å². The van der Waals surface area contributed by atoms with Gasteiger partial charge in [-0.1, -0.05) is 0 Å². The number of hydrogen-bond acceptors (Lipinski definition) is 3. The summed E-state index contributed by atoms with van der Waals surface area (Å²) >= 11 is 3.08. The van der Waals surface area contributed by atoms with Crippen molar-refractivity contribution in [2.75, 3.05) is 7.05 Å². The number of likely N-dealkylation sites (N-methyl/N-ethyl adjacent to an activating group) is 1. The number of halogens is 1. The summed E-state index contributed by atoms with van der Waals surface area (Å²) in [6.07, 6.45) is 0. The predicted molar refractivity (Wildman–Crippen MR) is 74.8 cm³/mol. The van der Waals surface area contributed by atoms with E-state index in [2.05, 4.69) is 20.9 Å². The minimum atomic E-state index is -0.794. The van der Waals surface area contributed by atoms with E-state index in [-0.39, 0.29) is 26.8 Å². The van der Waals surface area contributed by atoms with Gasteiger partial charge in [0.15, 0.2) is 0 Å². The van der Waals surface area contributed by atoms with E-state index in [9.17, 15) is 9.59 Å². The van der Waals surface area contributed by atoms with Gasteiger partial charge < -0.3 is 0 Å². The molecule has 4 nitrogen and oxygen atoms in total. The van der Waals surface area contributed by atoms with Crippen LogP contribution < -0.4 is 0 Å². The summed E-state index contributed by atoms with van der Waals surface area (Å²) in [5.74, 6) is -0.519. The molecule has 0 aliphatic carbocycles. The fourth-order valence-electron chi connectivity index (χ4n) is 2.23. The Balaban J connectivity index is 2.64. The van der Waals surface area contributed by atoms with Crippen LogP contribution in [0.25, 0.3) is 0 Å². The third-order valence-corrected chi connectivity index (χ3v) is 5.59. The van der Waals surface area contributed by atoms with Gasteiger partial charge in [0.25, 0.3) is 0 Å². The van der Waals surface area contributed by atoms with Crippen LogP contribution in [0.5, 0.6) is 0 Å². The Hall–Kier alpha value is -1.15. The van der Waals surface area contributed by atoms with E-state index < -0.39 is 5.41 Å². The Morgan fingerprint density at radius 2 is 2.16 bits per heavy atom. The molecule has 0 radical (unpaired) electrons. The first-order valence-corrected chi connectivity index (χ1v) is 8.41. The van der Waals surface area contributed by atoms with E-state index in [1.807, 2.05) is 13.0 Å². The standard InChI is InChI=1S/C13H11BrN2O2Se/c1-13(6-19-7-15)10-5-8(14)3-4-9(10)11(17)16(2)12(13)18/h3-5H,6H2,1-2H3. The molecule has 2 amide bonds. The van der Waals surface area contributed by atoms with Crippen molar-refractivity contribution < 1.29 is 9.59 Å². The number of imide groups is 1. The molecule has 0 aromatic heterocycles. The molecule has 0 fully saturated rings. The summed E-state index contributed by atoms with van der Waals surface area (Å²) in [4.78, 5) is 27.8. The van der Waals surface area contributed by atoms with Crippen molar-refractivity contribution in [1.82, 2.24) is 4.90 Å². The maximum absolute atomic E-state index is 12.4. The summed E-state index contributed by atoms with van der Waals surface area (Å²) in [7, 11) is 1.49. The monoisotopic (exact) mass is 386 g/mol. The molecule has 98 valence electrons. The average Bonchev–Trinajstić information content (AvgIpc) is 2.41. The van der Waals surface area contributed by atoms with Crippen LogP contribution in [0, 0.1) is 10.2 Å². The Kier molecular flexibility index (Phi) is 3.82. The average molecular weight is 386 g/mol. The SMILES string of the molecule is CN1C(=O)c2ccc(Br)cc2C(C)(C[Se]C#N)C1=O. The summed E-state index contributed by atoms with van der Waals surface area (Å²) < 4.78 is 0.826. The zero-order valence-corrected chi connectivity index (χ0v) is 13.7. The molecule has 1 unspecified atom stereocenters.